The molecule has 6 nitrogen and oxygen atoms in total. The van der Waals surface area contributed by atoms with Crippen LogP contribution in [0.4, 0.5) is 0 Å². The lowest BCUT2D eigenvalue weighted by Crippen LogP contribution is -2.56. The van der Waals surface area contributed by atoms with E-state index < -0.39 is 10.0 Å². The van der Waals surface area contributed by atoms with Crippen LogP contribution in [0.3, 0.4) is 0 Å². The fourth-order valence-electron chi connectivity index (χ4n) is 3.50. The average molecular weight is 351 g/mol. The first-order valence-corrected chi connectivity index (χ1v) is 9.89. The van der Waals surface area contributed by atoms with Gasteiger partial charge in [0.15, 0.2) is 0 Å². The summed E-state index contributed by atoms with van der Waals surface area (Å²) < 4.78 is 25.4. The highest BCUT2D eigenvalue weighted by Crippen LogP contribution is 2.22. The molecule has 0 bridgehead atoms. The normalized spacial score (nSPS) is 22.5. The van der Waals surface area contributed by atoms with Crippen LogP contribution in [0.1, 0.15) is 29.6 Å². The van der Waals surface area contributed by atoms with Crippen LogP contribution >= 0.6 is 0 Å². The second kappa shape index (κ2) is 6.82. The quantitative estimate of drug-likeness (QED) is 0.822. The molecule has 3 rings (SSSR count). The fourth-order valence-corrected chi connectivity index (χ4v) is 4.40. The van der Waals surface area contributed by atoms with Crippen LogP contribution in [-0.4, -0.2) is 74.7 Å². The number of piperidine rings is 1. The van der Waals surface area contributed by atoms with Gasteiger partial charge in [-0.15, -0.1) is 0 Å². The van der Waals surface area contributed by atoms with Crippen LogP contribution in [0.5, 0.6) is 0 Å². The monoisotopic (exact) mass is 351 g/mol. The Morgan fingerprint density at radius 1 is 1.08 bits per heavy atom. The van der Waals surface area contributed by atoms with Crippen LogP contribution < -0.4 is 0 Å². The highest BCUT2D eigenvalue weighted by Gasteiger charge is 2.31. The Morgan fingerprint density at radius 3 is 2.46 bits per heavy atom. The van der Waals surface area contributed by atoms with E-state index in [2.05, 4.69) is 4.90 Å². The Balaban J connectivity index is 1.71. The number of amides is 1. The van der Waals surface area contributed by atoms with Crippen molar-refractivity contribution in [1.29, 1.82) is 0 Å². The maximum absolute atomic E-state index is 12.7. The molecule has 1 aromatic rings. The smallest absolute Gasteiger partial charge is 0.253 e. The maximum atomic E-state index is 12.7. The third-order valence-electron chi connectivity index (χ3n) is 5.00. The summed E-state index contributed by atoms with van der Waals surface area (Å²) in [6, 6.07) is 6.74. The minimum absolute atomic E-state index is 0.00553. The Bertz CT molecular complexity index is 700. The van der Waals surface area contributed by atoms with Gasteiger partial charge in [-0.25, -0.2) is 12.7 Å². The Labute approximate surface area is 144 Å². The number of fused-ring (bicyclic) bond motifs is 1. The van der Waals surface area contributed by atoms with E-state index in [-0.39, 0.29) is 10.8 Å². The zero-order valence-electron chi connectivity index (χ0n) is 14.3. The molecule has 2 aliphatic heterocycles. The van der Waals surface area contributed by atoms with Gasteiger partial charge in [0.2, 0.25) is 10.0 Å². The first kappa shape index (κ1) is 17.4. The van der Waals surface area contributed by atoms with Crippen LogP contribution in [0.2, 0.25) is 0 Å². The first-order chi connectivity index (χ1) is 11.4. The minimum atomic E-state index is -3.46. The molecule has 2 fully saturated rings. The third-order valence-corrected chi connectivity index (χ3v) is 6.83. The minimum Gasteiger partial charge on any atom is -0.336 e. The molecule has 132 valence electrons. The van der Waals surface area contributed by atoms with Gasteiger partial charge >= 0.3 is 0 Å². The topological polar surface area (TPSA) is 60.9 Å². The standard InChI is InChI=1S/C17H25N3O3S/c1-18(2)24(22,23)16-8-6-14(7-9-16)17(21)20-12-11-19-10-4-3-5-15(19)13-20/h6-9,15H,3-5,10-13H2,1-2H3. The molecule has 0 aliphatic carbocycles. The molecular weight excluding hydrogens is 326 g/mol. The lowest BCUT2D eigenvalue weighted by Gasteiger charge is -2.44. The summed E-state index contributed by atoms with van der Waals surface area (Å²) in [7, 11) is -0.462. The van der Waals surface area contributed by atoms with Crippen LogP contribution in [-0.2, 0) is 10.0 Å². The van der Waals surface area contributed by atoms with Crippen molar-refractivity contribution in [3.8, 4) is 0 Å². The van der Waals surface area contributed by atoms with Crippen molar-refractivity contribution in [3.63, 3.8) is 0 Å². The molecule has 0 N–H and O–H groups in total. The summed E-state index contributed by atoms with van der Waals surface area (Å²) in [5.74, 6) is -0.00553. The molecule has 0 spiro atoms. The van der Waals surface area contributed by atoms with Gasteiger partial charge in [-0.1, -0.05) is 6.42 Å². The summed E-state index contributed by atoms with van der Waals surface area (Å²) in [5, 5.41) is 0. The van der Waals surface area contributed by atoms with Gasteiger partial charge < -0.3 is 4.90 Å². The second-order valence-electron chi connectivity index (χ2n) is 6.75. The van der Waals surface area contributed by atoms with Gasteiger partial charge in [-0.05, 0) is 43.7 Å². The molecule has 0 saturated carbocycles. The molecule has 24 heavy (non-hydrogen) atoms. The molecule has 1 aromatic carbocycles. The van der Waals surface area contributed by atoms with Crippen molar-refractivity contribution in [2.45, 2.75) is 30.2 Å². The molecule has 2 heterocycles. The zero-order chi connectivity index (χ0) is 17.3. The van der Waals surface area contributed by atoms with Gasteiger partial charge in [0, 0.05) is 45.3 Å². The lowest BCUT2D eigenvalue weighted by molar-refractivity contribution is 0.0372. The average Bonchev–Trinajstić information content (AvgIpc) is 2.60. The predicted octanol–water partition coefficient (Wildman–Crippen LogP) is 1.25. The van der Waals surface area contributed by atoms with Crippen molar-refractivity contribution in [1.82, 2.24) is 14.1 Å². The molecule has 2 saturated heterocycles. The molecule has 1 atom stereocenters. The number of hydrogen-bond acceptors (Lipinski definition) is 4. The number of nitrogens with zero attached hydrogens (tertiary/aromatic N) is 3. The van der Waals surface area contributed by atoms with Crippen LogP contribution in [0.25, 0.3) is 0 Å². The summed E-state index contributed by atoms with van der Waals surface area (Å²) in [6.07, 6.45) is 3.65. The molecule has 7 heteroatoms. The zero-order valence-corrected chi connectivity index (χ0v) is 15.1. The van der Waals surface area contributed by atoms with E-state index in [1.807, 2.05) is 4.90 Å². The highest BCUT2D eigenvalue weighted by atomic mass is 32.2. The van der Waals surface area contributed by atoms with Crippen LogP contribution in [0.15, 0.2) is 29.2 Å². The van der Waals surface area contributed by atoms with Gasteiger partial charge in [-0.2, -0.15) is 0 Å². The Kier molecular flexibility index (Phi) is 4.94. The number of piperazine rings is 1. The molecule has 1 amide bonds. The van der Waals surface area contributed by atoms with E-state index in [4.69, 9.17) is 0 Å². The van der Waals surface area contributed by atoms with Gasteiger partial charge in [0.1, 0.15) is 0 Å². The molecule has 0 aromatic heterocycles. The van der Waals surface area contributed by atoms with E-state index in [9.17, 15) is 13.2 Å². The SMILES string of the molecule is CN(C)S(=O)(=O)c1ccc(C(=O)N2CCN3CCCCC3C2)cc1. The van der Waals surface area contributed by atoms with Crippen molar-refractivity contribution >= 4 is 15.9 Å². The van der Waals surface area contributed by atoms with Gasteiger partial charge in [0.25, 0.3) is 5.91 Å². The van der Waals surface area contributed by atoms with E-state index in [0.717, 1.165) is 32.6 Å². The molecule has 1 unspecified atom stereocenters. The largest absolute Gasteiger partial charge is 0.336 e. The Morgan fingerprint density at radius 2 is 1.79 bits per heavy atom. The van der Waals surface area contributed by atoms with Crippen molar-refractivity contribution in [2.75, 3.05) is 40.3 Å². The van der Waals surface area contributed by atoms with E-state index in [0.29, 0.717) is 11.6 Å². The fraction of sp³-hybridized carbons (Fsp3) is 0.588. The van der Waals surface area contributed by atoms with Gasteiger partial charge in [0.05, 0.1) is 4.90 Å². The third kappa shape index (κ3) is 3.34. The van der Waals surface area contributed by atoms with Crippen molar-refractivity contribution in [3.05, 3.63) is 29.8 Å². The number of sulfonamides is 1. The highest BCUT2D eigenvalue weighted by molar-refractivity contribution is 7.89. The first-order valence-electron chi connectivity index (χ1n) is 8.45. The number of carbonyl (C=O) groups is 1. The predicted molar refractivity (Wildman–Crippen MR) is 92.4 cm³/mol. The Hall–Kier alpha value is -1.44. The number of carbonyl (C=O) groups excluding carboxylic acids is 1. The molecule has 2 aliphatic rings. The lowest BCUT2D eigenvalue weighted by atomic mass is 9.99. The number of hydrogen-bond donors (Lipinski definition) is 0. The number of rotatable bonds is 3. The van der Waals surface area contributed by atoms with E-state index in [1.165, 1.54) is 43.4 Å². The summed E-state index contributed by atoms with van der Waals surface area (Å²) >= 11 is 0. The van der Waals surface area contributed by atoms with Crippen LogP contribution in [0, 0.1) is 0 Å². The maximum Gasteiger partial charge on any atom is 0.253 e. The van der Waals surface area contributed by atoms with E-state index >= 15 is 0 Å². The summed E-state index contributed by atoms with van der Waals surface area (Å²) in [6.45, 7) is 3.59. The molecule has 0 radical (unpaired) electrons. The van der Waals surface area contributed by atoms with Crippen molar-refractivity contribution in [2.24, 2.45) is 0 Å². The number of benzene rings is 1. The van der Waals surface area contributed by atoms with Gasteiger partial charge in [-0.3, -0.25) is 9.69 Å². The van der Waals surface area contributed by atoms with Crippen molar-refractivity contribution < 1.29 is 13.2 Å². The second-order valence-corrected chi connectivity index (χ2v) is 8.90. The van der Waals surface area contributed by atoms with E-state index in [1.54, 1.807) is 12.1 Å². The molecular formula is C17H25N3O3S. The summed E-state index contributed by atoms with van der Waals surface area (Å²) in [4.78, 5) is 17.3. The summed E-state index contributed by atoms with van der Waals surface area (Å²) in [5.41, 5.74) is 0.553.